The highest BCUT2D eigenvalue weighted by atomic mass is 35.5. The molecule has 2 aromatic rings. The third kappa shape index (κ3) is 3.54. The number of rotatable bonds is 4. The Morgan fingerprint density at radius 3 is 2.73 bits per heavy atom. The summed E-state index contributed by atoms with van der Waals surface area (Å²) in [7, 11) is 0. The molecule has 8 heteroatoms. The number of hydrogen-bond acceptors (Lipinski definition) is 5. The van der Waals surface area contributed by atoms with Crippen molar-refractivity contribution in [3.63, 3.8) is 0 Å². The predicted molar refractivity (Wildman–Crippen MR) is 92.0 cm³/mol. The van der Waals surface area contributed by atoms with E-state index in [1.807, 2.05) is 13.0 Å². The minimum Gasteiger partial charge on any atom is -0.338 e. The monoisotopic (exact) mass is 379 g/mol. The highest BCUT2D eigenvalue weighted by Crippen LogP contribution is 2.41. The first-order valence-electron chi connectivity index (χ1n) is 6.73. The molecule has 0 spiro atoms. The van der Waals surface area contributed by atoms with Crippen LogP contribution < -0.4 is 5.73 Å². The van der Waals surface area contributed by atoms with Crippen molar-refractivity contribution in [1.82, 2.24) is 10.1 Å². The molecule has 120 valence electrons. The molecule has 1 unspecified atom stereocenters. The van der Waals surface area contributed by atoms with Crippen LogP contribution in [0.4, 0.5) is 0 Å². The number of aromatic nitrogens is 2. The third-order valence-electron chi connectivity index (χ3n) is 3.68. The maximum Gasteiger partial charge on any atom is 0.239 e. The zero-order valence-electron chi connectivity index (χ0n) is 11.9. The van der Waals surface area contributed by atoms with E-state index < -0.39 is 5.54 Å². The second-order valence-electron chi connectivity index (χ2n) is 5.30. The van der Waals surface area contributed by atoms with Gasteiger partial charge in [0.15, 0.2) is 5.82 Å². The normalized spacial score (nSPS) is 17.5. The van der Waals surface area contributed by atoms with Gasteiger partial charge in [-0.15, -0.1) is 24.2 Å². The van der Waals surface area contributed by atoms with Gasteiger partial charge < -0.3 is 10.3 Å². The van der Waals surface area contributed by atoms with Crippen LogP contribution in [0.5, 0.6) is 0 Å². The zero-order valence-corrected chi connectivity index (χ0v) is 15.0. The highest BCUT2D eigenvalue weighted by Gasteiger charge is 2.39. The topological polar surface area (TPSA) is 64.9 Å². The van der Waals surface area contributed by atoms with Gasteiger partial charge in [0.1, 0.15) is 0 Å². The van der Waals surface area contributed by atoms with Crippen LogP contribution in [0.25, 0.3) is 0 Å². The van der Waals surface area contributed by atoms with E-state index in [1.165, 1.54) is 11.8 Å². The van der Waals surface area contributed by atoms with Gasteiger partial charge in [-0.05, 0) is 44.4 Å². The van der Waals surface area contributed by atoms with Crippen LogP contribution in [0, 0.1) is 0 Å². The average Bonchev–Trinajstić information content (AvgIpc) is 2.90. The lowest BCUT2D eigenvalue weighted by atomic mass is 9.77. The van der Waals surface area contributed by atoms with Crippen molar-refractivity contribution >= 4 is 47.4 Å². The smallest absolute Gasteiger partial charge is 0.239 e. The van der Waals surface area contributed by atoms with Gasteiger partial charge in [0.2, 0.25) is 5.89 Å². The summed E-state index contributed by atoms with van der Waals surface area (Å²) in [6.07, 6.45) is 2.93. The number of nitrogens with two attached hydrogens (primary N) is 1. The molecule has 1 heterocycles. The molecule has 3 rings (SSSR count). The van der Waals surface area contributed by atoms with Gasteiger partial charge in [0.25, 0.3) is 0 Å². The van der Waals surface area contributed by atoms with E-state index in [0.717, 1.165) is 24.2 Å². The Morgan fingerprint density at radius 2 is 2.09 bits per heavy atom. The Balaban J connectivity index is 0.00000176. The SMILES string of the molecule is CC(Sc1cc(Cl)ccc1Cl)c1nc(C2(N)CCC2)no1.Cl. The summed E-state index contributed by atoms with van der Waals surface area (Å²) in [5.41, 5.74) is 5.80. The lowest BCUT2D eigenvalue weighted by Crippen LogP contribution is -2.44. The quantitative estimate of drug-likeness (QED) is 0.757. The van der Waals surface area contributed by atoms with Crippen LogP contribution in [0.3, 0.4) is 0 Å². The van der Waals surface area contributed by atoms with Crippen molar-refractivity contribution in [3.05, 3.63) is 40.0 Å². The van der Waals surface area contributed by atoms with Gasteiger partial charge in [-0.2, -0.15) is 4.98 Å². The maximum absolute atomic E-state index is 6.20. The summed E-state index contributed by atoms with van der Waals surface area (Å²) in [6, 6.07) is 5.37. The summed E-state index contributed by atoms with van der Waals surface area (Å²) in [5.74, 6) is 1.16. The lowest BCUT2D eigenvalue weighted by molar-refractivity contribution is 0.229. The number of thioether (sulfide) groups is 1. The molecule has 1 fully saturated rings. The molecule has 0 saturated heterocycles. The minimum atomic E-state index is -0.403. The Kier molecular flexibility index (Phi) is 5.67. The summed E-state index contributed by atoms with van der Waals surface area (Å²) in [4.78, 5) is 5.34. The van der Waals surface area contributed by atoms with Crippen LogP contribution in [-0.2, 0) is 5.54 Å². The van der Waals surface area contributed by atoms with Crippen LogP contribution >= 0.6 is 47.4 Å². The second-order valence-corrected chi connectivity index (χ2v) is 7.53. The molecule has 0 radical (unpaired) electrons. The highest BCUT2D eigenvalue weighted by molar-refractivity contribution is 7.99. The van der Waals surface area contributed by atoms with Crippen LogP contribution in [-0.4, -0.2) is 10.1 Å². The zero-order chi connectivity index (χ0) is 15.0. The fraction of sp³-hybridized carbons (Fsp3) is 0.429. The van der Waals surface area contributed by atoms with Gasteiger partial charge in [0, 0.05) is 9.92 Å². The molecule has 1 aliphatic carbocycles. The molecule has 22 heavy (non-hydrogen) atoms. The molecular weight excluding hydrogens is 365 g/mol. The van der Waals surface area contributed by atoms with E-state index >= 15 is 0 Å². The van der Waals surface area contributed by atoms with E-state index in [1.54, 1.807) is 12.1 Å². The molecule has 1 atom stereocenters. The fourth-order valence-corrected chi connectivity index (χ4v) is 3.63. The summed E-state index contributed by atoms with van der Waals surface area (Å²) >= 11 is 13.7. The number of benzene rings is 1. The number of hydrogen-bond donors (Lipinski definition) is 1. The number of nitrogens with zero attached hydrogens (tertiary/aromatic N) is 2. The van der Waals surface area contributed by atoms with Crippen molar-refractivity contribution in [2.75, 3.05) is 0 Å². The molecule has 1 aliphatic rings. The number of halogens is 3. The summed E-state index contributed by atoms with van der Waals surface area (Å²) in [6.45, 7) is 1.99. The molecular formula is C14H16Cl3N3OS. The van der Waals surface area contributed by atoms with Crippen LogP contribution in [0.2, 0.25) is 10.0 Å². The van der Waals surface area contributed by atoms with E-state index in [9.17, 15) is 0 Å². The molecule has 1 aromatic heterocycles. The van der Waals surface area contributed by atoms with Gasteiger partial charge in [-0.3, -0.25) is 0 Å². The molecule has 2 N–H and O–H groups in total. The molecule has 4 nitrogen and oxygen atoms in total. The molecule has 1 saturated carbocycles. The standard InChI is InChI=1S/C14H15Cl2N3OS.ClH/c1-8(21-11-7-9(15)3-4-10(11)16)12-18-13(19-20-12)14(17)5-2-6-14;/h3-4,7-8H,2,5-6,17H2,1H3;1H. The van der Waals surface area contributed by atoms with E-state index in [2.05, 4.69) is 10.1 Å². The van der Waals surface area contributed by atoms with Crippen molar-refractivity contribution in [2.45, 2.75) is 41.9 Å². The molecule has 0 aliphatic heterocycles. The van der Waals surface area contributed by atoms with Crippen molar-refractivity contribution in [3.8, 4) is 0 Å². The van der Waals surface area contributed by atoms with Gasteiger partial charge in [-0.25, -0.2) is 0 Å². The summed E-state index contributed by atoms with van der Waals surface area (Å²) in [5, 5.41) is 5.31. The Morgan fingerprint density at radius 1 is 1.36 bits per heavy atom. The predicted octanol–water partition coefficient (Wildman–Crippen LogP) is 4.99. The Bertz CT molecular complexity index is 661. The second kappa shape index (κ2) is 6.97. The van der Waals surface area contributed by atoms with Crippen LogP contribution in [0.1, 0.15) is 43.2 Å². The molecule has 0 bridgehead atoms. The molecule has 0 amide bonds. The first-order valence-corrected chi connectivity index (χ1v) is 8.36. The minimum absolute atomic E-state index is 0. The largest absolute Gasteiger partial charge is 0.338 e. The fourth-order valence-electron chi connectivity index (χ4n) is 2.19. The van der Waals surface area contributed by atoms with Gasteiger partial charge in [0.05, 0.1) is 15.8 Å². The lowest BCUT2D eigenvalue weighted by Gasteiger charge is -2.34. The van der Waals surface area contributed by atoms with E-state index in [-0.39, 0.29) is 17.7 Å². The van der Waals surface area contributed by atoms with Gasteiger partial charge in [-0.1, -0.05) is 28.4 Å². The van der Waals surface area contributed by atoms with E-state index in [4.69, 9.17) is 33.5 Å². The Hall–Kier alpha value is -0.460. The molecule has 1 aromatic carbocycles. The Labute approximate surface area is 149 Å². The van der Waals surface area contributed by atoms with Crippen molar-refractivity contribution in [2.24, 2.45) is 5.73 Å². The van der Waals surface area contributed by atoms with Crippen LogP contribution in [0.15, 0.2) is 27.6 Å². The maximum atomic E-state index is 6.20. The third-order valence-corrected chi connectivity index (χ3v) is 5.50. The van der Waals surface area contributed by atoms with Crippen molar-refractivity contribution < 1.29 is 4.52 Å². The first kappa shape index (κ1) is 17.9. The summed E-state index contributed by atoms with van der Waals surface area (Å²) < 4.78 is 5.35. The van der Waals surface area contributed by atoms with Gasteiger partial charge >= 0.3 is 0 Å². The van der Waals surface area contributed by atoms with E-state index in [0.29, 0.717) is 21.8 Å². The average molecular weight is 381 g/mol. The first-order chi connectivity index (χ1) is 9.98. The van der Waals surface area contributed by atoms with Crippen molar-refractivity contribution in [1.29, 1.82) is 0 Å².